The number of carbonyl (C=O) groups excluding carboxylic acids is 1. The van der Waals surface area contributed by atoms with Crippen LogP contribution >= 0.6 is 0 Å². The summed E-state index contributed by atoms with van der Waals surface area (Å²) in [4.78, 5) is 13.8. The first kappa shape index (κ1) is 18.0. The highest BCUT2D eigenvalue weighted by Crippen LogP contribution is 2.22. The number of nitrogens with two attached hydrogens (primary N) is 1. The minimum Gasteiger partial charge on any atom is -0.462 e. The average Bonchev–Trinajstić information content (AvgIpc) is 2.96. The Hall–Kier alpha value is -2.38. The van der Waals surface area contributed by atoms with Crippen molar-refractivity contribution in [3.8, 4) is 0 Å². The van der Waals surface area contributed by atoms with Crippen LogP contribution in [0.15, 0.2) is 51.8 Å². The van der Waals surface area contributed by atoms with Gasteiger partial charge in [-0.05, 0) is 49.8 Å². The molecule has 0 aliphatic heterocycles. The van der Waals surface area contributed by atoms with Crippen LogP contribution in [0.25, 0.3) is 6.08 Å². The third-order valence-corrected chi connectivity index (χ3v) is 4.66. The van der Waals surface area contributed by atoms with E-state index in [1.54, 1.807) is 31.3 Å². The smallest absolute Gasteiger partial charge is 0.246 e. The predicted octanol–water partition coefficient (Wildman–Crippen LogP) is 2.47. The highest BCUT2D eigenvalue weighted by atomic mass is 32.2. The molecule has 1 aromatic heterocycles. The van der Waals surface area contributed by atoms with Crippen molar-refractivity contribution >= 4 is 22.0 Å². The Labute approximate surface area is 141 Å². The third kappa shape index (κ3) is 4.33. The van der Waals surface area contributed by atoms with Gasteiger partial charge in [-0.1, -0.05) is 12.1 Å². The maximum atomic E-state index is 12.3. The lowest BCUT2D eigenvalue weighted by molar-refractivity contribution is -0.126. The highest BCUT2D eigenvalue weighted by Gasteiger charge is 2.17. The summed E-state index contributed by atoms with van der Waals surface area (Å²) in [5.74, 6) is 1.14. The average molecular weight is 348 g/mol. The van der Waals surface area contributed by atoms with Crippen LogP contribution in [0, 0.1) is 6.92 Å². The van der Waals surface area contributed by atoms with Gasteiger partial charge >= 0.3 is 0 Å². The summed E-state index contributed by atoms with van der Waals surface area (Å²) < 4.78 is 28.3. The van der Waals surface area contributed by atoms with Crippen molar-refractivity contribution in [3.63, 3.8) is 0 Å². The van der Waals surface area contributed by atoms with E-state index in [1.807, 2.05) is 19.9 Å². The van der Waals surface area contributed by atoms with Crippen LogP contribution in [0.5, 0.6) is 0 Å². The molecule has 24 heavy (non-hydrogen) atoms. The van der Waals surface area contributed by atoms with Gasteiger partial charge in [0.2, 0.25) is 15.9 Å². The van der Waals surface area contributed by atoms with Crippen LogP contribution in [-0.2, 0) is 14.8 Å². The number of nitrogens with zero attached hydrogens (tertiary/aromatic N) is 1. The minimum atomic E-state index is -3.78. The van der Waals surface area contributed by atoms with E-state index in [-0.39, 0.29) is 16.8 Å². The molecule has 7 heteroatoms. The molecule has 2 rings (SSSR count). The maximum absolute atomic E-state index is 12.3. The number of furan rings is 1. The zero-order valence-corrected chi connectivity index (χ0v) is 14.6. The second-order valence-electron chi connectivity index (χ2n) is 5.52. The Bertz CT molecular complexity index is 868. The summed E-state index contributed by atoms with van der Waals surface area (Å²) in [5.41, 5.74) is 0.680. The Kier molecular flexibility index (Phi) is 5.26. The first-order chi connectivity index (χ1) is 11.2. The van der Waals surface area contributed by atoms with Gasteiger partial charge in [0.1, 0.15) is 11.5 Å². The van der Waals surface area contributed by atoms with E-state index in [1.165, 1.54) is 23.1 Å². The number of rotatable bonds is 5. The number of hydrogen-bond donors (Lipinski definition) is 1. The number of carbonyl (C=O) groups is 1. The fourth-order valence-corrected chi connectivity index (χ4v) is 2.75. The van der Waals surface area contributed by atoms with Gasteiger partial charge in [-0.15, -0.1) is 0 Å². The van der Waals surface area contributed by atoms with Crippen LogP contribution in [0.4, 0.5) is 0 Å². The summed E-state index contributed by atoms with van der Waals surface area (Å²) in [6.07, 6.45) is 3.01. The summed E-state index contributed by atoms with van der Waals surface area (Å²) in [7, 11) is -2.13. The van der Waals surface area contributed by atoms with Gasteiger partial charge in [-0.2, -0.15) is 0 Å². The molecule has 0 saturated heterocycles. The molecule has 0 saturated carbocycles. The van der Waals surface area contributed by atoms with Crippen LogP contribution in [0.3, 0.4) is 0 Å². The van der Waals surface area contributed by atoms with E-state index in [0.29, 0.717) is 11.3 Å². The van der Waals surface area contributed by atoms with E-state index < -0.39 is 10.0 Å². The Morgan fingerprint density at radius 2 is 2.00 bits per heavy atom. The third-order valence-electron chi connectivity index (χ3n) is 3.75. The molecule has 0 bridgehead atoms. The molecular formula is C17H20N2O4S. The molecule has 1 aromatic carbocycles. The number of sulfonamides is 1. The largest absolute Gasteiger partial charge is 0.462 e. The molecule has 0 unspecified atom stereocenters. The summed E-state index contributed by atoms with van der Waals surface area (Å²) in [6.45, 7) is 3.64. The SMILES string of the molecule is Cc1ccc(/C=C\C(=O)N(C)[C@H](C)c2cccc(S(N)(=O)=O)c2)o1. The van der Waals surface area contributed by atoms with Crippen LogP contribution < -0.4 is 5.14 Å². The maximum Gasteiger partial charge on any atom is 0.246 e. The zero-order chi connectivity index (χ0) is 17.9. The normalized spacial score (nSPS) is 13.2. The molecule has 1 amide bonds. The molecule has 1 atom stereocenters. The van der Waals surface area contributed by atoms with E-state index in [0.717, 1.165) is 5.76 Å². The van der Waals surface area contributed by atoms with Crippen molar-refractivity contribution in [1.82, 2.24) is 4.90 Å². The molecule has 0 spiro atoms. The summed E-state index contributed by atoms with van der Waals surface area (Å²) >= 11 is 0. The fourth-order valence-electron chi connectivity index (χ4n) is 2.18. The van der Waals surface area contributed by atoms with Crippen molar-refractivity contribution in [2.24, 2.45) is 5.14 Å². The summed E-state index contributed by atoms with van der Waals surface area (Å²) in [6, 6.07) is 9.53. The number of likely N-dealkylation sites (N-methyl/N-ethyl adjacent to an activating group) is 1. The van der Waals surface area contributed by atoms with E-state index in [2.05, 4.69) is 0 Å². The monoisotopic (exact) mass is 348 g/mol. The molecule has 2 aromatic rings. The van der Waals surface area contributed by atoms with E-state index in [4.69, 9.17) is 9.56 Å². The minimum absolute atomic E-state index is 0.0225. The first-order valence-corrected chi connectivity index (χ1v) is 8.87. The van der Waals surface area contributed by atoms with E-state index >= 15 is 0 Å². The van der Waals surface area contributed by atoms with Gasteiger partial charge in [-0.25, -0.2) is 13.6 Å². The molecule has 6 nitrogen and oxygen atoms in total. The second kappa shape index (κ2) is 7.02. The molecule has 0 aliphatic carbocycles. The number of aryl methyl sites for hydroxylation is 1. The quantitative estimate of drug-likeness (QED) is 0.840. The van der Waals surface area contributed by atoms with Gasteiger partial charge < -0.3 is 9.32 Å². The summed E-state index contributed by atoms with van der Waals surface area (Å²) in [5, 5.41) is 5.15. The molecule has 1 heterocycles. The van der Waals surface area contributed by atoms with Gasteiger partial charge in [0.25, 0.3) is 0 Å². The Morgan fingerprint density at radius 3 is 2.58 bits per heavy atom. The van der Waals surface area contributed by atoms with E-state index in [9.17, 15) is 13.2 Å². The predicted molar refractivity (Wildman–Crippen MR) is 91.5 cm³/mol. The lowest BCUT2D eigenvalue weighted by Crippen LogP contribution is -2.28. The molecule has 2 N–H and O–H groups in total. The van der Waals surface area contributed by atoms with Crippen molar-refractivity contribution in [2.45, 2.75) is 24.8 Å². The van der Waals surface area contributed by atoms with Gasteiger partial charge in [0.05, 0.1) is 10.9 Å². The molecule has 0 aliphatic rings. The fraction of sp³-hybridized carbons (Fsp3) is 0.235. The standard InChI is InChI=1S/C17H20N2O4S/c1-12-7-8-15(23-12)9-10-17(20)19(3)13(2)14-5-4-6-16(11-14)24(18,21)22/h4-11,13H,1-3H3,(H2,18,21,22)/b10-9-/t13-/m1/s1. The van der Waals surface area contributed by atoms with Crippen LogP contribution in [-0.4, -0.2) is 26.3 Å². The van der Waals surface area contributed by atoms with Crippen LogP contribution in [0.1, 0.15) is 30.0 Å². The lowest BCUT2D eigenvalue weighted by Gasteiger charge is -2.24. The van der Waals surface area contributed by atoms with Gasteiger partial charge in [0.15, 0.2) is 0 Å². The molecule has 128 valence electrons. The number of hydrogen-bond acceptors (Lipinski definition) is 4. The number of amides is 1. The molecular weight excluding hydrogens is 328 g/mol. The Morgan fingerprint density at radius 1 is 1.29 bits per heavy atom. The lowest BCUT2D eigenvalue weighted by atomic mass is 10.1. The van der Waals surface area contributed by atoms with Gasteiger partial charge in [-0.3, -0.25) is 4.79 Å². The highest BCUT2D eigenvalue weighted by molar-refractivity contribution is 7.89. The second-order valence-corrected chi connectivity index (χ2v) is 7.09. The van der Waals surface area contributed by atoms with Gasteiger partial charge in [0, 0.05) is 13.1 Å². The number of primary sulfonamides is 1. The molecule has 0 fully saturated rings. The first-order valence-electron chi connectivity index (χ1n) is 7.32. The topological polar surface area (TPSA) is 93.6 Å². The van der Waals surface area contributed by atoms with Crippen LogP contribution in [0.2, 0.25) is 0 Å². The number of benzene rings is 1. The van der Waals surface area contributed by atoms with Crippen molar-refractivity contribution in [3.05, 3.63) is 59.6 Å². The zero-order valence-electron chi connectivity index (χ0n) is 13.8. The Balaban J connectivity index is 2.15. The molecule has 0 radical (unpaired) electrons. The van der Waals surface area contributed by atoms with Crippen molar-refractivity contribution in [1.29, 1.82) is 0 Å². The van der Waals surface area contributed by atoms with Crippen molar-refractivity contribution < 1.29 is 17.6 Å². The van der Waals surface area contributed by atoms with Crippen molar-refractivity contribution in [2.75, 3.05) is 7.05 Å².